The van der Waals surface area contributed by atoms with Gasteiger partial charge in [0.25, 0.3) is 0 Å². The summed E-state index contributed by atoms with van der Waals surface area (Å²) in [5.41, 5.74) is 0. The van der Waals surface area contributed by atoms with Crippen molar-refractivity contribution in [2.45, 2.75) is 25.2 Å². The van der Waals surface area contributed by atoms with Gasteiger partial charge in [-0.1, -0.05) is 24.3 Å². The molecule has 0 amide bonds. The Hall–Kier alpha value is -1.24. The zero-order chi connectivity index (χ0) is 17.1. The lowest BCUT2D eigenvalue weighted by Gasteiger charge is -2.30. The first kappa shape index (κ1) is 23.0. The third-order valence-corrected chi connectivity index (χ3v) is 2.28. The molecule has 0 spiro atoms. The van der Waals surface area contributed by atoms with Gasteiger partial charge < -0.3 is 24.4 Å². The summed E-state index contributed by atoms with van der Waals surface area (Å²) in [4.78, 5) is 0. The van der Waals surface area contributed by atoms with Crippen LogP contribution >= 0.6 is 0 Å². The van der Waals surface area contributed by atoms with Gasteiger partial charge in [-0.3, -0.25) is 0 Å². The molecule has 0 bridgehead atoms. The van der Waals surface area contributed by atoms with Crippen LogP contribution in [-0.4, -0.2) is 55.6 Å². The Morgan fingerprint density at radius 1 is 0.909 bits per heavy atom. The molecule has 0 radical (unpaired) electrons. The van der Waals surface area contributed by atoms with Gasteiger partial charge in [-0.05, 0) is 12.8 Å². The van der Waals surface area contributed by atoms with E-state index in [9.17, 15) is 0 Å². The molecular weight excluding hydrogens is 284 g/mol. The molecule has 128 valence electrons. The molecule has 5 heteroatoms. The van der Waals surface area contributed by atoms with E-state index in [1.54, 1.807) is 12.2 Å². The van der Waals surface area contributed by atoms with Crippen LogP contribution in [0.4, 0.5) is 0 Å². The second-order valence-electron chi connectivity index (χ2n) is 4.11. The average Bonchev–Trinajstić information content (AvgIpc) is 2.59. The molecule has 1 fully saturated rings. The predicted octanol–water partition coefficient (Wildman–Crippen LogP) is 2.23. The molecule has 2 unspecified atom stereocenters. The molecule has 1 aliphatic rings. The lowest BCUT2D eigenvalue weighted by atomic mass is 10.1. The zero-order valence-corrected chi connectivity index (χ0v) is 13.4. The van der Waals surface area contributed by atoms with Gasteiger partial charge in [-0.15, -0.1) is 26.3 Å². The van der Waals surface area contributed by atoms with E-state index in [1.165, 1.54) is 12.2 Å². The van der Waals surface area contributed by atoms with Gasteiger partial charge in [-0.2, -0.15) is 0 Å². The summed E-state index contributed by atoms with van der Waals surface area (Å²) < 4.78 is 16.4. The van der Waals surface area contributed by atoms with Crippen LogP contribution in [-0.2, 0) is 14.2 Å². The molecule has 0 aromatic carbocycles. The average molecular weight is 314 g/mol. The highest BCUT2D eigenvalue weighted by Gasteiger charge is 2.26. The fourth-order valence-electron chi connectivity index (χ4n) is 1.40. The van der Waals surface area contributed by atoms with E-state index in [0.29, 0.717) is 13.2 Å². The predicted molar refractivity (Wildman–Crippen MR) is 89.6 cm³/mol. The quantitative estimate of drug-likeness (QED) is 0.672. The number of hydrogen-bond donors (Lipinski definition) is 2. The van der Waals surface area contributed by atoms with Crippen LogP contribution in [0.3, 0.4) is 0 Å². The summed E-state index contributed by atoms with van der Waals surface area (Å²) in [6.45, 7) is 15.6. The molecule has 22 heavy (non-hydrogen) atoms. The van der Waals surface area contributed by atoms with Crippen molar-refractivity contribution in [2.24, 2.45) is 0 Å². The molecule has 2 atom stereocenters. The van der Waals surface area contributed by atoms with Crippen LogP contribution in [0.2, 0.25) is 0 Å². The molecule has 2 N–H and O–H groups in total. The highest BCUT2D eigenvalue weighted by atomic mass is 16.7. The summed E-state index contributed by atoms with van der Waals surface area (Å²) in [6, 6.07) is 0. The van der Waals surface area contributed by atoms with E-state index in [0.717, 1.165) is 19.4 Å². The maximum Gasteiger partial charge on any atom is 0.184 e. The van der Waals surface area contributed by atoms with Gasteiger partial charge >= 0.3 is 0 Å². The largest absolute Gasteiger partial charge is 0.392 e. The summed E-state index contributed by atoms with van der Waals surface area (Å²) >= 11 is 0. The third kappa shape index (κ3) is 15.2. The van der Waals surface area contributed by atoms with Crippen LogP contribution in [0.15, 0.2) is 50.6 Å². The number of aliphatic hydroxyl groups is 2. The van der Waals surface area contributed by atoms with Crippen LogP contribution in [0.1, 0.15) is 12.8 Å². The number of rotatable bonds is 8. The van der Waals surface area contributed by atoms with Gasteiger partial charge in [0.1, 0.15) is 6.10 Å². The van der Waals surface area contributed by atoms with E-state index >= 15 is 0 Å². The number of ether oxygens (including phenoxy) is 3. The second-order valence-corrected chi connectivity index (χ2v) is 4.11. The maximum atomic E-state index is 7.76. The molecule has 1 saturated heterocycles. The molecule has 1 rings (SSSR count). The Morgan fingerprint density at radius 2 is 1.41 bits per heavy atom. The van der Waals surface area contributed by atoms with Gasteiger partial charge in [0, 0.05) is 6.61 Å². The van der Waals surface area contributed by atoms with E-state index in [-0.39, 0.29) is 25.6 Å². The van der Waals surface area contributed by atoms with E-state index in [1.807, 2.05) is 0 Å². The van der Waals surface area contributed by atoms with Crippen LogP contribution in [0.25, 0.3) is 0 Å². The fourth-order valence-corrected chi connectivity index (χ4v) is 1.40. The van der Waals surface area contributed by atoms with Gasteiger partial charge in [-0.25, -0.2) is 0 Å². The standard InChI is InChI=1S/C11H18O3.2C3H6O/c1-3-7-12-10-6-5-9-14-11(10)13-8-4-2;2*1-2-3-4/h3-4,10-11H,1-2,5-9H2;2*2,4H,1,3H2. The van der Waals surface area contributed by atoms with E-state index in [4.69, 9.17) is 24.4 Å². The first-order valence-corrected chi connectivity index (χ1v) is 7.21. The molecule has 0 aromatic rings. The van der Waals surface area contributed by atoms with Crippen molar-refractivity contribution in [3.63, 3.8) is 0 Å². The first-order valence-electron chi connectivity index (χ1n) is 7.21. The highest BCUT2D eigenvalue weighted by molar-refractivity contribution is 4.74. The van der Waals surface area contributed by atoms with Crippen LogP contribution in [0, 0.1) is 0 Å². The van der Waals surface area contributed by atoms with Gasteiger partial charge in [0.2, 0.25) is 0 Å². The van der Waals surface area contributed by atoms with Crippen molar-refractivity contribution < 1.29 is 24.4 Å². The van der Waals surface area contributed by atoms with Crippen molar-refractivity contribution in [2.75, 3.05) is 33.0 Å². The van der Waals surface area contributed by atoms with Crippen molar-refractivity contribution in [3.8, 4) is 0 Å². The van der Waals surface area contributed by atoms with Crippen molar-refractivity contribution in [3.05, 3.63) is 50.6 Å². The lowest BCUT2D eigenvalue weighted by molar-refractivity contribution is -0.220. The summed E-state index contributed by atoms with van der Waals surface area (Å²) in [7, 11) is 0. The SMILES string of the molecule is C=CCO.C=CCO.C=CCOC1CCCOC1OCC=C. The number of aliphatic hydroxyl groups excluding tert-OH is 2. The molecule has 0 aliphatic carbocycles. The minimum atomic E-state index is -0.248. The normalized spacial score (nSPS) is 19.5. The van der Waals surface area contributed by atoms with Crippen molar-refractivity contribution >= 4 is 0 Å². The summed E-state index contributed by atoms with van der Waals surface area (Å²) in [5.74, 6) is 0. The second kappa shape index (κ2) is 19.8. The molecule has 0 saturated carbocycles. The Morgan fingerprint density at radius 3 is 1.86 bits per heavy atom. The van der Waals surface area contributed by atoms with Crippen molar-refractivity contribution in [1.82, 2.24) is 0 Å². The van der Waals surface area contributed by atoms with E-state index in [2.05, 4.69) is 26.3 Å². The molecule has 1 aliphatic heterocycles. The Labute approximate surface area is 134 Å². The fraction of sp³-hybridized carbons (Fsp3) is 0.529. The lowest BCUT2D eigenvalue weighted by Crippen LogP contribution is -2.38. The van der Waals surface area contributed by atoms with Crippen molar-refractivity contribution in [1.29, 1.82) is 0 Å². The zero-order valence-electron chi connectivity index (χ0n) is 13.4. The van der Waals surface area contributed by atoms with Crippen LogP contribution in [0.5, 0.6) is 0 Å². The molecule has 1 heterocycles. The third-order valence-electron chi connectivity index (χ3n) is 2.28. The Balaban J connectivity index is 0. The van der Waals surface area contributed by atoms with Gasteiger partial charge in [0.05, 0.1) is 26.4 Å². The molecular formula is C17H30O5. The Bertz CT molecular complexity index is 250. The molecule has 0 aromatic heterocycles. The topological polar surface area (TPSA) is 68.2 Å². The maximum absolute atomic E-state index is 7.76. The van der Waals surface area contributed by atoms with Crippen LogP contribution < -0.4 is 0 Å². The minimum Gasteiger partial charge on any atom is -0.392 e. The summed E-state index contributed by atoms with van der Waals surface area (Å²) in [6.07, 6.45) is 8.09. The Kier molecular flexibility index (Phi) is 20.7. The highest BCUT2D eigenvalue weighted by Crippen LogP contribution is 2.18. The monoisotopic (exact) mass is 314 g/mol. The first-order chi connectivity index (χ1) is 10.7. The minimum absolute atomic E-state index is 0.0294. The summed E-state index contributed by atoms with van der Waals surface area (Å²) in [5, 5.41) is 15.5. The number of hydrogen-bond acceptors (Lipinski definition) is 5. The van der Waals surface area contributed by atoms with Gasteiger partial charge in [0.15, 0.2) is 6.29 Å². The van der Waals surface area contributed by atoms with E-state index < -0.39 is 0 Å². The smallest absolute Gasteiger partial charge is 0.184 e. The molecule has 5 nitrogen and oxygen atoms in total.